The molecule has 6 nitrogen and oxygen atoms in total. The summed E-state index contributed by atoms with van der Waals surface area (Å²) in [5, 5.41) is 14.2. The third-order valence-corrected chi connectivity index (χ3v) is 4.76. The van der Waals surface area contributed by atoms with Crippen molar-refractivity contribution in [2.75, 3.05) is 6.54 Å². The molecule has 1 aliphatic rings. The summed E-state index contributed by atoms with van der Waals surface area (Å²) < 4.78 is 3.90. The monoisotopic (exact) mass is 340 g/mol. The lowest BCUT2D eigenvalue weighted by molar-refractivity contribution is 0.209. The van der Waals surface area contributed by atoms with Crippen molar-refractivity contribution in [3.8, 4) is 5.75 Å². The normalized spacial score (nSPS) is 15.2. The summed E-state index contributed by atoms with van der Waals surface area (Å²) in [6, 6.07) is 1.53. The molecule has 0 atom stereocenters. The third-order valence-electron chi connectivity index (χ3n) is 4.76. The van der Waals surface area contributed by atoms with Crippen LogP contribution in [0.1, 0.15) is 29.6 Å². The van der Waals surface area contributed by atoms with Crippen LogP contribution in [-0.4, -0.2) is 30.9 Å². The van der Waals surface area contributed by atoms with Crippen LogP contribution in [0.25, 0.3) is 5.70 Å². The van der Waals surface area contributed by atoms with E-state index in [4.69, 9.17) is 0 Å². The first-order chi connectivity index (χ1) is 11.9. The Bertz CT molecular complexity index is 905. The van der Waals surface area contributed by atoms with Gasteiger partial charge in [-0.05, 0) is 26.8 Å². The zero-order valence-electron chi connectivity index (χ0n) is 15.0. The average Bonchev–Trinajstić information content (AvgIpc) is 2.84. The van der Waals surface area contributed by atoms with E-state index in [0.29, 0.717) is 6.54 Å². The Balaban J connectivity index is 1.84. The van der Waals surface area contributed by atoms with E-state index in [9.17, 15) is 9.90 Å². The number of fused-ring (bicyclic) bond motifs is 1. The lowest BCUT2D eigenvalue weighted by Crippen LogP contribution is -2.34. The molecule has 0 aliphatic carbocycles. The fourth-order valence-electron chi connectivity index (χ4n) is 3.35. The van der Waals surface area contributed by atoms with Gasteiger partial charge in [0, 0.05) is 54.9 Å². The van der Waals surface area contributed by atoms with Crippen molar-refractivity contribution in [1.29, 1.82) is 0 Å². The van der Waals surface area contributed by atoms with Crippen molar-refractivity contribution in [3.05, 3.63) is 63.9 Å². The van der Waals surface area contributed by atoms with Crippen molar-refractivity contribution in [3.63, 3.8) is 0 Å². The molecule has 0 saturated carbocycles. The van der Waals surface area contributed by atoms with Crippen LogP contribution in [0.2, 0.25) is 0 Å². The number of nitrogens with zero attached hydrogens (tertiary/aromatic N) is 4. The molecule has 0 bridgehead atoms. The number of aromatic hydroxyl groups is 1. The minimum absolute atomic E-state index is 0.186. The lowest BCUT2D eigenvalue weighted by atomic mass is 10.1. The molecule has 3 heterocycles. The van der Waals surface area contributed by atoms with Crippen LogP contribution in [0.3, 0.4) is 0 Å². The van der Waals surface area contributed by atoms with Crippen molar-refractivity contribution in [2.45, 2.75) is 40.4 Å². The lowest BCUT2D eigenvalue weighted by Gasteiger charge is -2.30. The summed E-state index contributed by atoms with van der Waals surface area (Å²) in [5.74, 6) is -0.186. The molecular formula is C19H24N4O2. The molecule has 0 aromatic carbocycles. The van der Waals surface area contributed by atoms with Crippen LogP contribution in [-0.2, 0) is 19.6 Å². The van der Waals surface area contributed by atoms with E-state index in [0.717, 1.165) is 42.4 Å². The maximum Gasteiger partial charge on any atom is 0.223 e. The summed E-state index contributed by atoms with van der Waals surface area (Å²) in [6.45, 7) is 12.9. The van der Waals surface area contributed by atoms with Crippen molar-refractivity contribution < 1.29 is 5.11 Å². The largest absolute Gasteiger partial charge is 0.503 e. The van der Waals surface area contributed by atoms with Gasteiger partial charge in [0.1, 0.15) is 0 Å². The molecule has 0 radical (unpaired) electrons. The highest BCUT2D eigenvalue weighted by atomic mass is 16.3. The Morgan fingerprint density at radius 2 is 2.16 bits per heavy atom. The Kier molecular flexibility index (Phi) is 4.63. The highest BCUT2D eigenvalue weighted by Crippen LogP contribution is 2.22. The van der Waals surface area contributed by atoms with Gasteiger partial charge in [-0.3, -0.25) is 9.69 Å². The van der Waals surface area contributed by atoms with Gasteiger partial charge < -0.3 is 9.67 Å². The number of aryl methyl sites for hydroxylation is 1. The summed E-state index contributed by atoms with van der Waals surface area (Å²) in [5.41, 5.74) is 5.00. The summed E-state index contributed by atoms with van der Waals surface area (Å²) in [4.78, 5) is 14.0. The minimum Gasteiger partial charge on any atom is -0.503 e. The number of allylic oxidation sites excluding steroid dienone is 3. The first-order valence-corrected chi connectivity index (χ1v) is 8.40. The Hall–Kier alpha value is -2.60. The SMILES string of the molecule is C=C/C=C(\C)n1nc(C)c(CN2CCn3cc(O)c(=O)cc3C2)c1C. The molecule has 1 aliphatic heterocycles. The van der Waals surface area contributed by atoms with E-state index in [1.807, 2.05) is 29.2 Å². The fourth-order valence-corrected chi connectivity index (χ4v) is 3.35. The number of hydrogen-bond acceptors (Lipinski definition) is 4. The quantitative estimate of drug-likeness (QED) is 0.868. The minimum atomic E-state index is -0.321. The molecule has 0 spiro atoms. The highest BCUT2D eigenvalue weighted by Gasteiger charge is 2.20. The number of rotatable bonds is 4. The zero-order chi connectivity index (χ0) is 18.1. The predicted molar refractivity (Wildman–Crippen MR) is 98.3 cm³/mol. The molecule has 0 saturated heterocycles. The van der Waals surface area contributed by atoms with Crippen LogP contribution in [0.15, 0.2) is 35.8 Å². The molecule has 3 rings (SSSR count). The fraction of sp³-hybridized carbons (Fsp3) is 0.368. The van der Waals surface area contributed by atoms with Gasteiger partial charge in [-0.2, -0.15) is 5.10 Å². The number of hydrogen-bond donors (Lipinski definition) is 1. The van der Waals surface area contributed by atoms with Gasteiger partial charge in [0.25, 0.3) is 0 Å². The summed E-state index contributed by atoms with van der Waals surface area (Å²) >= 11 is 0. The average molecular weight is 340 g/mol. The predicted octanol–water partition coefficient (Wildman–Crippen LogP) is 2.43. The maximum atomic E-state index is 11.7. The second-order valence-electron chi connectivity index (χ2n) is 6.52. The molecule has 0 unspecified atom stereocenters. The molecule has 6 heteroatoms. The highest BCUT2D eigenvalue weighted by molar-refractivity contribution is 5.47. The second kappa shape index (κ2) is 6.72. The van der Waals surface area contributed by atoms with Gasteiger partial charge in [0.05, 0.1) is 11.9 Å². The summed E-state index contributed by atoms with van der Waals surface area (Å²) in [7, 11) is 0. The van der Waals surface area contributed by atoms with Gasteiger partial charge in [-0.15, -0.1) is 0 Å². The smallest absolute Gasteiger partial charge is 0.223 e. The second-order valence-corrected chi connectivity index (χ2v) is 6.52. The molecular weight excluding hydrogens is 316 g/mol. The first-order valence-electron chi connectivity index (χ1n) is 8.40. The van der Waals surface area contributed by atoms with Gasteiger partial charge in [-0.25, -0.2) is 4.68 Å². The standard InChI is InChI=1S/C19H24N4O2/c1-5-6-13(2)23-15(4)17(14(3)20-23)11-21-7-8-22-12-19(25)18(24)9-16(22)10-21/h5-6,9,12,25H,1,7-8,10-11H2,2-4H3/b13-6+. The molecule has 0 amide bonds. The van der Waals surface area contributed by atoms with Gasteiger partial charge in [0.15, 0.2) is 5.75 Å². The maximum absolute atomic E-state index is 11.7. The first kappa shape index (κ1) is 17.2. The van der Waals surface area contributed by atoms with E-state index in [-0.39, 0.29) is 11.2 Å². The molecule has 2 aromatic rings. The van der Waals surface area contributed by atoms with Crippen molar-refractivity contribution in [1.82, 2.24) is 19.2 Å². The molecule has 25 heavy (non-hydrogen) atoms. The zero-order valence-corrected chi connectivity index (χ0v) is 15.0. The van der Waals surface area contributed by atoms with Crippen LogP contribution in [0.5, 0.6) is 5.75 Å². The van der Waals surface area contributed by atoms with E-state index in [1.54, 1.807) is 6.08 Å². The Morgan fingerprint density at radius 1 is 1.40 bits per heavy atom. The number of pyridine rings is 1. The van der Waals surface area contributed by atoms with Gasteiger partial charge >= 0.3 is 0 Å². The topological polar surface area (TPSA) is 63.3 Å². The van der Waals surface area contributed by atoms with E-state index >= 15 is 0 Å². The number of aromatic nitrogens is 3. The Morgan fingerprint density at radius 3 is 2.88 bits per heavy atom. The van der Waals surface area contributed by atoms with Crippen molar-refractivity contribution >= 4 is 5.70 Å². The van der Waals surface area contributed by atoms with Crippen molar-refractivity contribution in [2.24, 2.45) is 0 Å². The van der Waals surface area contributed by atoms with Gasteiger partial charge in [-0.1, -0.05) is 12.7 Å². The molecule has 0 fully saturated rings. The van der Waals surface area contributed by atoms with E-state index in [2.05, 4.69) is 23.5 Å². The summed E-state index contributed by atoms with van der Waals surface area (Å²) in [6.07, 6.45) is 5.24. The third kappa shape index (κ3) is 3.30. The van der Waals surface area contributed by atoms with E-state index in [1.165, 1.54) is 17.8 Å². The van der Waals surface area contributed by atoms with Crippen LogP contribution in [0.4, 0.5) is 0 Å². The van der Waals surface area contributed by atoms with Crippen LogP contribution < -0.4 is 5.43 Å². The van der Waals surface area contributed by atoms with Crippen LogP contribution >= 0.6 is 0 Å². The molecule has 2 aromatic heterocycles. The molecule has 132 valence electrons. The van der Waals surface area contributed by atoms with Gasteiger partial charge in [0.2, 0.25) is 5.43 Å². The Labute approximate surface area is 147 Å². The van der Waals surface area contributed by atoms with Crippen LogP contribution in [0, 0.1) is 13.8 Å². The molecule has 1 N–H and O–H groups in total. The van der Waals surface area contributed by atoms with E-state index < -0.39 is 0 Å².